The van der Waals surface area contributed by atoms with Crippen LogP contribution in [-0.4, -0.2) is 43.8 Å². The van der Waals surface area contributed by atoms with Crippen molar-refractivity contribution in [3.05, 3.63) is 71.7 Å². The molecule has 0 spiro atoms. The molecule has 8 heteroatoms. The first-order chi connectivity index (χ1) is 13.1. The summed E-state index contributed by atoms with van der Waals surface area (Å²) < 4.78 is 0. The number of carbonyl (C=O) groups is 1. The first kappa shape index (κ1) is 17.0. The van der Waals surface area contributed by atoms with Gasteiger partial charge < -0.3 is 10.1 Å². The average molecular weight is 363 g/mol. The van der Waals surface area contributed by atoms with Gasteiger partial charge in [-0.2, -0.15) is 0 Å². The highest BCUT2D eigenvalue weighted by molar-refractivity contribution is 6.13. The molecule has 0 radical (unpaired) electrons. The summed E-state index contributed by atoms with van der Waals surface area (Å²) in [5.74, 6) is -0.456. The molecule has 0 saturated carbocycles. The SMILES string of the molecule is O=C1NC(N(O)C[C@H](O)c2ccccc2)=N/C1=C\c1ccc2[nH]cnc2c1. The van der Waals surface area contributed by atoms with Gasteiger partial charge in [-0.3, -0.25) is 15.3 Å². The summed E-state index contributed by atoms with van der Waals surface area (Å²) in [5.41, 5.74) is 3.26. The van der Waals surface area contributed by atoms with Gasteiger partial charge >= 0.3 is 0 Å². The molecule has 2 heterocycles. The molecule has 1 aliphatic heterocycles. The van der Waals surface area contributed by atoms with Crippen molar-refractivity contribution in [1.29, 1.82) is 0 Å². The number of benzene rings is 2. The third-order valence-electron chi connectivity index (χ3n) is 4.21. The molecule has 27 heavy (non-hydrogen) atoms. The Kier molecular flexibility index (Phi) is 4.41. The number of aliphatic imine (C=N–C) groups is 1. The van der Waals surface area contributed by atoms with Crippen molar-refractivity contribution in [3.63, 3.8) is 0 Å². The average Bonchev–Trinajstić information content (AvgIpc) is 3.29. The van der Waals surface area contributed by atoms with Crippen LogP contribution in [0.15, 0.2) is 65.5 Å². The minimum atomic E-state index is -0.925. The normalized spacial score (nSPS) is 16.4. The van der Waals surface area contributed by atoms with Crippen LogP contribution in [0.2, 0.25) is 0 Å². The highest BCUT2D eigenvalue weighted by atomic mass is 16.5. The Morgan fingerprint density at radius 3 is 2.81 bits per heavy atom. The molecule has 0 aliphatic carbocycles. The second-order valence-corrected chi connectivity index (χ2v) is 6.11. The van der Waals surface area contributed by atoms with Crippen molar-refractivity contribution >= 4 is 29.0 Å². The number of fused-ring (bicyclic) bond motifs is 1. The van der Waals surface area contributed by atoms with Crippen LogP contribution in [0.5, 0.6) is 0 Å². The minimum Gasteiger partial charge on any atom is -0.386 e. The Balaban J connectivity index is 1.51. The molecule has 1 atom stereocenters. The standard InChI is InChI=1S/C19H17N5O3/c25-17(13-4-2-1-3-5-13)10-24(27)19-22-16(18(26)23-19)9-12-6-7-14-15(8-12)21-11-20-14/h1-9,11,17,25,27H,10H2,(H,20,21)(H,22,23,26)/b16-9-/t17-/m0/s1. The van der Waals surface area contributed by atoms with Crippen LogP contribution >= 0.6 is 0 Å². The summed E-state index contributed by atoms with van der Waals surface area (Å²) in [5, 5.41) is 23.6. The van der Waals surface area contributed by atoms with Gasteiger partial charge in [0, 0.05) is 0 Å². The molecule has 3 aromatic rings. The van der Waals surface area contributed by atoms with Crippen LogP contribution in [0.4, 0.5) is 0 Å². The monoisotopic (exact) mass is 363 g/mol. The van der Waals surface area contributed by atoms with Crippen molar-refractivity contribution in [2.24, 2.45) is 4.99 Å². The Morgan fingerprint density at radius 2 is 2.00 bits per heavy atom. The van der Waals surface area contributed by atoms with E-state index in [1.807, 2.05) is 24.3 Å². The number of hydrogen-bond donors (Lipinski definition) is 4. The molecule has 1 amide bonds. The predicted molar refractivity (Wildman–Crippen MR) is 99.5 cm³/mol. The van der Waals surface area contributed by atoms with Crippen LogP contribution < -0.4 is 5.32 Å². The fourth-order valence-electron chi connectivity index (χ4n) is 2.81. The number of imidazole rings is 1. The molecule has 1 aromatic heterocycles. The number of nitrogens with zero attached hydrogens (tertiary/aromatic N) is 3. The topological polar surface area (TPSA) is 114 Å². The third-order valence-corrected chi connectivity index (χ3v) is 4.21. The minimum absolute atomic E-state index is 0.0259. The summed E-state index contributed by atoms with van der Waals surface area (Å²) in [4.78, 5) is 23.5. The number of hydrogen-bond acceptors (Lipinski definition) is 6. The van der Waals surface area contributed by atoms with Crippen molar-refractivity contribution in [2.75, 3.05) is 6.54 Å². The van der Waals surface area contributed by atoms with Crippen molar-refractivity contribution < 1.29 is 15.1 Å². The van der Waals surface area contributed by atoms with Gasteiger partial charge in [-0.05, 0) is 29.3 Å². The lowest BCUT2D eigenvalue weighted by Gasteiger charge is -2.19. The molecule has 1 aliphatic rings. The maximum absolute atomic E-state index is 12.1. The second-order valence-electron chi connectivity index (χ2n) is 6.11. The number of hydroxylamine groups is 2. The van der Waals surface area contributed by atoms with E-state index in [9.17, 15) is 15.1 Å². The first-order valence-corrected chi connectivity index (χ1v) is 8.34. The molecule has 8 nitrogen and oxygen atoms in total. The predicted octanol–water partition coefficient (Wildman–Crippen LogP) is 1.81. The second kappa shape index (κ2) is 7.02. The van der Waals surface area contributed by atoms with Crippen LogP contribution in [0, 0.1) is 0 Å². The Hall–Kier alpha value is -3.49. The zero-order valence-electron chi connectivity index (χ0n) is 14.2. The van der Waals surface area contributed by atoms with Gasteiger partial charge in [0.25, 0.3) is 5.91 Å². The van der Waals surface area contributed by atoms with Crippen LogP contribution in [0.3, 0.4) is 0 Å². The van der Waals surface area contributed by atoms with E-state index >= 15 is 0 Å². The molecule has 4 rings (SSSR count). The van der Waals surface area contributed by atoms with Gasteiger partial charge in [-0.15, -0.1) is 0 Å². The first-order valence-electron chi connectivity index (χ1n) is 8.34. The van der Waals surface area contributed by atoms with Crippen molar-refractivity contribution in [3.8, 4) is 0 Å². The molecule has 136 valence electrons. The van der Waals surface area contributed by atoms with E-state index in [1.165, 1.54) is 0 Å². The number of aromatic nitrogens is 2. The van der Waals surface area contributed by atoms with Crippen LogP contribution in [-0.2, 0) is 4.79 Å². The fourth-order valence-corrected chi connectivity index (χ4v) is 2.81. The lowest BCUT2D eigenvalue weighted by molar-refractivity contribution is -0.116. The van der Waals surface area contributed by atoms with Gasteiger partial charge in [0.15, 0.2) is 0 Å². The molecule has 0 fully saturated rings. The number of amides is 1. The summed E-state index contributed by atoms with van der Waals surface area (Å²) >= 11 is 0. The zero-order chi connectivity index (χ0) is 18.8. The maximum Gasteiger partial charge on any atom is 0.276 e. The largest absolute Gasteiger partial charge is 0.386 e. The van der Waals surface area contributed by atoms with Gasteiger partial charge in [-0.1, -0.05) is 36.4 Å². The molecule has 0 saturated heterocycles. The molecule has 4 N–H and O–H groups in total. The summed E-state index contributed by atoms with van der Waals surface area (Å²) in [7, 11) is 0. The molecular formula is C19H17N5O3. The Morgan fingerprint density at radius 1 is 1.19 bits per heavy atom. The van der Waals surface area contributed by atoms with Gasteiger partial charge in [-0.25, -0.2) is 15.0 Å². The fraction of sp³-hybridized carbons (Fsp3) is 0.105. The number of nitrogens with one attached hydrogen (secondary N) is 2. The molecule has 0 unspecified atom stereocenters. The summed E-state index contributed by atoms with van der Waals surface area (Å²) in [6.45, 7) is -0.129. The number of guanidine groups is 1. The van der Waals surface area contributed by atoms with Crippen molar-refractivity contribution in [1.82, 2.24) is 20.3 Å². The smallest absolute Gasteiger partial charge is 0.276 e. The van der Waals surface area contributed by atoms with Gasteiger partial charge in [0.2, 0.25) is 5.96 Å². The molecular weight excluding hydrogens is 346 g/mol. The molecule has 0 bridgehead atoms. The van der Waals surface area contributed by atoms with Crippen molar-refractivity contribution in [2.45, 2.75) is 6.10 Å². The lowest BCUT2D eigenvalue weighted by Crippen LogP contribution is -2.40. The number of aliphatic hydroxyl groups is 1. The van der Waals surface area contributed by atoms with Gasteiger partial charge in [0.05, 0.1) is 30.0 Å². The summed E-state index contributed by atoms with van der Waals surface area (Å²) in [6.07, 6.45) is 2.28. The number of aliphatic hydroxyl groups excluding tert-OH is 1. The van der Waals surface area contributed by atoms with E-state index in [-0.39, 0.29) is 18.2 Å². The van der Waals surface area contributed by atoms with E-state index in [2.05, 4.69) is 20.3 Å². The Labute approximate surface area is 154 Å². The van der Waals surface area contributed by atoms with E-state index in [0.717, 1.165) is 21.7 Å². The number of aromatic amines is 1. The van der Waals surface area contributed by atoms with E-state index in [0.29, 0.717) is 5.56 Å². The van der Waals surface area contributed by atoms with E-state index in [1.54, 1.807) is 36.7 Å². The highest BCUT2D eigenvalue weighted by Gasteiger charge is 2.25. The van der Waals surface area contributed by atoms with Gasteiger partial charge in [0.1, 0.15) is 5.70 Å². The van der Waals surface area contributed by atoms with Crippen LogP contribution in [0.1, 0.15) is 17.2 Å². The molecule has 2 aromatic carbocycles. The van der Waals surface area contributed by atoms with E-state index in [4.69, 9.17) is 0 Å². The number of rotatable bonds is 4. The lowest BCUT2D eigenvalue weighted by atomic mass is 10.1. The maximum atomic E-state index is 12.1. The van der Waals surface area contributed by atoms with Crippen LogP contribution in [0.25, 0.3) is 17.1 Å². The quantitative estimate of drug-likeness (QED) is 0.417. The third kappa shape index (κ3) is 3.57. The van der Waals surface area contributed by atoms with E-state index < -0.39 is 12.0 Å². The highest BCUT2D eigenvalue weighted by Crippen LogP contribution is 2.18. The zero-order valence-corrected chi connectivity index (χ0v) is 14.2. The summed E-state index contributed by atoms with van der Waals surface area (Å²) in [6, 6.07) is 14.5. The number of carbonyl (C=O) groups excluding carboxylic acids is 1. The Bertz CT molecular complexity index is 1040. The number of H-pyrrole nitrogens is 1.